The topological polar surface area (TPSA) is 465 Å². The molecule has 482 valence electrons. The Kier molecular flexibility index (Phi) is 31.2. The highest BCUT2D eigenvalue weighted by atomic mass is 32.1. The summed E-state index contributed by atoms with van der Waals surface area (Å²) in [6, 6.07) is -5.52. The van der Waals surface area contributed by atoms with Gasteiger partial charge in [-0.25, -0.2) is 4.79 Å². The number of carbonyl (C=O) groups is 11. The van der Waals surface area contributed by atoms with E-state index in [1.165, 1.54) is 23.6 Å². The van der Waals surface area contributed by atoms with Gasteiger partial charge in [-0.2, -0.15) is 12.6 Å². The van der Waals surface area contributed by atoms with Gasteiger partial charge in [-0.15, -0.1) is 0 Å². The number of nitrogens with two attached hydrogens (primary N) is 3. The van der Waals surface area contributed by atoms with Crippen LogP contribution in [-0.2, 0) is 59.2 Å². The molecule has 2 fully saturated rings. The average Bonchev–Trinajstić information content (AvgIpc) is 2.28. The summed E-state index contributed by atoms with van der Waals surface area (Å²) in [7, 11) is 0. The molecular weight excluding hydrogens is 1140 g/mol. The molecule has 0 spiro atoms. The van der Waals surface area contributed by atoms with Gasteiger partial charge >= 0.3 is 5.97 Å². The van der Waals surface area contributed by atoms with E-state index in [9.17, 15) is 68.1 Å². The minimum absolute atomic E-state index is 0.0224. The number of thiol groups is 1. The largest absolute Gasteiger partial charge is 0.480 e. The van der Waals surface area contributed by atoms with Gasteiger partial charge in [0.2, 0.25) is 59.1 Å². The number of nitrogens with zero attached hydrogens (tertiary/aromatic N) is 2. The maximum absolute atomic E-state index is 14.6. The third-order valence-corrected chi connectivity index (χ3v) is 15.9. The number of hydrogen-bond acceptors (Lipinski definition) is 17. The number of nitrogens with one attached hydrogen (secondary N) is 10. The number of benzene rings is 1. The predicted molar refractivity (Wildman–Crippen MR) is 320 cm³/mol. The first-order chi connectivity index (χ1) is 40.7. The molecule has 1 aromatic carbocycles. The number of likely N-dealkylation sites (tertiary alicyclic amines) is 2. The molecule has 0 unspecified atom stereocenters. The third kappa shape index (κ3) is 22.3. The molecule has 2 aliphatic rings. The van der Waals surface area contributed by atoms with Gasteiger partial charge in [0.25, 0.3) is 0 Å². The van der Waals surface area contributed by atoms with Crippen LogP contribution in [0, 0.1) is 17.2 Å². The Labute approximate surface area is 507 Å². The Hall–Kier alpha value is -7.15. The van der Waals surface area contributed by atoms with Gasteiger partial charge < -0.3 is 90.2 Å². The van der Waals surface area contributed by atoms with E-state index in [1.807, 2.05) is 0 Å². The standard InChI is InChI=1S/C56H93N15O14S/c1-7-30(3)42(51(80)66-39(29-86)49(78)64-37(55(84)85)27-34-17-10-9-11-18-34)67-50(79)40-21-15-25-70(40)53(82)41-22-16-26-71(41)54(83)43(31(4)8-2)68-48(77)38(28-72)65-47(76)36(20-12-13-23-57)63-52(81)44(33(6)73)69-45(74)32(5)62-46(75)35(58)19-14-24-61-56(59)60/h9-11,17-18,30-33,35-44,72-73,86H,7-8,12-16,19-29,57-58H2,1-6H3,(H,62,75)(H,63,81)(H,64,78)(H,65,76)(H,66,80)(H,67,79)(H,68,77)(H,69,74)(H,84,85)(H4,59,60,61)/t30-,31-,32-,33+,35-,36-,37-,38-,39-,40-,41-,42-,43-,44-/m0/s1. The van der Waals surface area contributed by atoms with Crippen molar-refractivity contribution in [3.63, 3.8) is 0 Å². The molecule has 30 heteroatoms. The summed E-state index contributed by atoms with van der Waals surface area (Å²) in [5.74, 6) is -10.6. The number of hydrogen-bond donors (Lipinski definition) is 17. The van der Waals surface area contributed by atoms with E-state index in [0.29, 0.717) is 44.1 Å². The summed E-state index contributed by atoms with van der Waals surface area (Å²) < 4.78 is 0. The molecule has 10 amide bonds. The van der Waals surface area contributed by atoms with Crippen molar-refractivity contribution in [2.45, 2.75) is 191 Å². The number of aliphatic hydroxyl groups excluding tert-OH is 2. The summed E-state index contributed by atoms with van der Waals surface area (Å²) in [5.41, 5.74) is 17.6. The number of carboxylic acids is 1. The van der Waals surface area contributed by atoms with Crippen molar-refractivity contribution in [2.75, 3.05) is 38.5 Å². The van der Waals surface area contributed by atoms with E-state index >= 15 is 0 Å². The first-order valence-corrected chi connectivity index (χ1v) is 30.1. The average molecular weight is 1230 g/mol. The minimum Gasteiger partial charge on any atom is -0.480 e. The molecule has 19 N–H and O–H groups in total. The summed E-state index contributed by atoms with van der Waals surface area (Å²) in [4.78, 5) is 153. The third-order valence-electron chi connectivity index (χ3n) is 15.5. The zero-order valence-corrected chi connectivity index (χ0v) is 51.0. The quantitative estimate of drug-likeness (QED) is 0.0133. The zero-order chi connectivity index (χ0) is 64.4. The van der Waals surface area contributed by atoms with Crippen molar-refractivity contribution >= 4 is 83.6 Å². The van der Waals surface area contributed by atoms with Crippen LogP contribution in [0.25, 0.3) is 0 Å². The minimum atomic E-state index is -1.68. The normalized spacial score (nSPS) is 19.0. The maximum Gasteiger partial charge on any atom is 0.326 e. The Balaban J connectivity index is 1.73. The molecule has 0 aromatic heterocycles. The second-order valence-electron chi connectivity index (χ2n) is 22.1. The highest BCUT2D eigenvalue weighted by molar-refractivity contribution is 7.80. The van der Waals surface area contributed by atoms with Gasteiger partial charge in [0.1, 0.15) is 60.4 Å². The number of carbonyl (C=O) groups excluding carboxylic acids is 10. The van der Waals surface area contributed by atoms with E-state index in [4.69, 9.17) is 22.6 Å². The summed E-state index contributed by atoms with van der Waals surface area (Å²) in [5, 5.41) is 61.1. The van der Waals surface area contributed by atoms with E-state index < -0.39 is 156 Å². The molecule has 29 nitrogen and oxygen atoms in total. The highest BCUT2D eigenvalue weighted by Gasteiger charge is 2.46. The van der Waals surface area contributed by atoms with Crippen LogP contribution in [0.1, 0.15) is 118 Å². The highest BCUT2D eigenvalue weighted by Crippen LogP contribution is 2.27. The number of amides is 10. The van der Waals surface area contributed by atoms with Crippen LogP contribution < -0.4 is 65.1 Å². The molecule has 2 heterocycles. The smallest absolute Gasteiger partial charge is 0.326 e. The monoisotopic (exact) mass is 1230 g/mol. The molecule has 3 rings (SSSR count). The summed E-state index contributed by atoms with van der Waals surface area (Å²) in [6.45, 7) is 9.33. The first-order valence-electron chi connectivity index (χ1n) is 29.5. The van der Waals surface area contributed by atoms with Gasteiger partial charge in [0, 0.05) is 31.8 Å². The lowest BCUT2D eigenvalue weighted by molar-refractivity contribution is -0.149. The zero-order valence-electron chi connectivity index (χ0n) is 50.1. The Morgan fingerprint density at radius 1 is 0.651 bits per heavy atom. The molecule has 0 saturated carbocycles. The lowest BCUT2D eigenvalue weighted by Crippen LogP contribution is -2.62. The van der Waals surface area contributed by atoms with Gasteiger partial charge in [-0.1, -0.05) is 70.9 Å². The second kappa shape index (κ2) is 36.8. The number of carboxylic acid groups (broad SMARTS) is 1. The van der Waals surface area contributed by atoms with Crippen molar-refractivity contribution in [1.82, 2.24) is 57.7 Å². The Bertz CT molecular complexity index is 2480. The van der Waals surface area contributed by atoms with Gasteiger partial charge in [-0.05, 0) is 95.6 Å². The molecule has 1 aromatic rings. The number of rotatable bonds is 36. The van der Waals surface area contributed by atoms with Crippen molar-refractivity contribution in [3.05, 3.63) is 35.9 Å². The fourth-order valence-electron chi connectivity index (χ4n) is 9.86. The number of unbranched alkanes of at least 4 members (excludes halogenated alkanes) is 1. The van der Waals surface area contributed by atoms with Crippen LogP contribution in [-0.4, -0.2) is 207 Å². The maximum atomic E-state index is 14.6. The van der Waals surface area contributed by atoms with Gasteiger partial charge in [0.15, 0.2) is 5.96 Å². The lowest BCUT2D eigenvalue weighted by atomic mass is 9.96. The van der Waals surface area contributed by atoms with E-state index in [1.54, 1.807) is 58.0 Å². The molecule has 2 aliphatic heterocycles. The molecule has 2 saturated heterocycles. The van der Waals surface area contributed by atoms with E-state index in [-0.39, 0.29) is 76.4 Å². The summed E-state index contributed by atoms with van der Waals surface area (Å²) >= 11 is 4.25. The molecular formula is C56H93N15O14S. The number of aliphatic carboxylic acids is 1. The predicted octanol–water partition coefficient (Wildman–Crippen LogP) is -3.69. The Morgan fingerprint density at radius 3 is 1.78 bits per heavy atom. The second-order valence-corrected chi connectivity index (χ2v) is 22.5. The van der Waals surface area contributed by atoms with Crippen LogP contribution >= 0.6 is 12.6 Å². The lowest BCUT2D eigenvalue weighted by Gasteiger charge is -2.35. The fourth-order valence-corrected chi connectivity index (χ4v) is 10.1. The van der Waals surface area contributed by atoms with E-state index in [0.717, 1.165) is 0 Å². The molecule has 86 heavy (non-hydrogen) atoms. The van der Waals surface area contributed by atoms with Crippen molar-refractivity contribution in [1.29, 1.82) is 5.41 Å². The van der Waals surface area contributed by atoms with Crippen LogP contribution in [0.4, 0.5) is 0 Å². The molecule has 0 radical (unpaired) electrons. The fraction of sp³-hybridized carbons (Fsp3) is 0.679. The number of aliphatic hydroxyl groups is 2. The van der Waals surface area contributed by atoms with E-state index in [2.05, 4.69) is 60.5 Å². The van der Waals surface area contributed by atoms with Crippen molar-refractivity contribution < 1.29 is 68.1 Å². The molecule has 0 aliphatic carbocycles. The Morgan fingerprint density at radius 2 is 1.20 bits per heavy atom. The number of guanidine groups is 1. The molecule has 0 bridgehead atoms. The van der Waals surface area contributed by atoms with Crippen LogP contribution in [0.15, 0.2) is 30.3 Å². The van der Waals surface area contributed by atoms with Crippen LogP contribution in [0.5, 0.6) is 0 Å². The van der Waals surface area contributed by atoms with Gasteiger partial charge in [0.05, 0.1) is 18.8 Å². The van der Waals surface area contributed by atoms with Crippen molar-refractivity contribution in [3.8, 4) is 0 Å². The molecule has 14 atom stereocenters. The SMILES string of the molecule is CC[C@H](C)[C@H](NC(=O)[C@@H]1CCCN1C(=O)[C@@H]1CCCN1C(=O)[C@@H](NC(=O)[C@H](CO)NC(=O)[C@H](CCCCN)NC(=O)[C@@H](NC(=O)[C@H](C)NC(=O)[C@@H](N)CCCNC(=N)N)[C@@H](C)O)[C@@H](C)CC)C(=O)N[C@@H](CS)C(=O)N[C@@H](Cc1ccccc1)C(=O)O. The first kappa shape index (κ1) is 73.1. The van der Waals surface area contributed by atoms with Crippen molar-refractivity contribution in [2.24, 2.45) is 29.0 Å². The van der Waals surface area contributed by atoms with Gasteiger partial charge in [-0.3, -0.25) is 53.4 Å². The van der Waals surface area contributed by atoms with Crippen LogP contribution in [0.2, 0.25) is 0 Å². The van der Waals surface area contributed by atoms with Crippen LogP contribution in [0.3, 0.4) is 0 Å². The summed E-state index contributed by atoms with van der Waals surface area (Å²) in [6.07, 6.45) is 1.69.